The van der Waals surface area contributed by atoms with Crippen LogP contribution in [0.1, 0.15) is 40.4 Å². The highest BCUT2D eigenvalue weighted by molar-refractivity contribution is 7.99. The molecule has 2 aromatic rings. The van der Waals surface area contributed by atoms with Gasteiger partial charge in [-0.25, -0.2) is 0 Å². The number of hydrogen-bond donors (Lipinski definition) is 0. The van der Waals surface area contributed by atoms with Crippen LogP contribution in [0.3, 0.4) is 0 Å². The Labute approximate surface area is 142 Å². The lowest BCUT2D eigenvalue weighted by Crippen LogP contribution is -2.05. The van der Waals surface area contributed by atoms with Gasteiger partial charge in [-0.15, -0.1) is 18.3 Å². The van der Waals surface area contributed by atoms with Crippen molar-refractivity contribution in [3.05, 3.63) is 57.9 Å². The minimum Gasteiger partial charge on any atom is -0.360 e. The number of hydrogen-bond acceptors (Lipinski definition) is 4. The fraction of sp³-hybridized carbons (Fsp3) is 0.250. The molecule has 0 unspecified atom stereocenters. The number of rotatable bonds is 6. The van der Waals surface area contributed by atoms with Gasteiger partial charge in [-0.1, -0.05) is 34.4 Å². The number of thioether (sulfide) groups is 1. The molecular weight excluding hydrogens is 341 g/mol. The normalized spacial score (nSPS) is 14.1. The summed E-state index contributed by atoms with van der Waals surface area (Å²) in [5, 5.41) is 4.60. The van der Waals surface area contributed by atoms with Gasteiger partial charge < -0.3 is 4.52 Å². The molecule has 0 aliphatic heterocycles. The minimum atomic E-state index is -0.131. The van der Waals surface area contributed by atoms with Gasteiger partial charge >= 0.3 is 0 Å². The predicted molar refractivity (Wildman–Crippen MR) is 89.3 cm³/mol. The molecular formula is C16H13Cl2NO2S. The van der Waals surface area contributed by atoms with Crippen LogP contribution in [0, 0.1) is 0 Å². The molecule has 1 aliphatic rings. The van der Waals surface area contributed by atoms with Crippen molar-refractivity contribution >= 4 is 40.7 Å². The van der Waals surface area contributed by atoms with Gasteiger partial charge in [0.1, 0.15) is 0 Å². The van der Waals surface area contributed by atoms with Crippen molar-refractivity contribution in [3.8, 4) is 0 Å². The molecule has 0 atom stereocenters. The molecule has 0 spiro atoms. The Bertz CT molecular complexity index is 738. The van der Waals surface area contributed by atoms with Crippen molar-refractivity contribution in [1.29, 1.82) is 0 Å². The molecule has 1 fully saturated rings. The van der Waals surface area contributed by atoms with Crippen LogP contribution in [0.15, 0.2) is 40.4 Å². The van der Waals surface area contributed by atoms with Crippen molar-refractivity contribution in [1.82, 2.24) is 5.16 Å². The van der Waals surface area contributed by atoms with E-state index < -0.39 is 0 Å². The molecule has 1 aliphatic carbocycles. The monoisotopic (exact) mass is 353 g/mol. The molecule has 1 saturated carbocycles. The molecule has 0 N–H and O–H groups in total. The lowest BCUT2D eigenvalue weighted by Gasteiger charge is -2.10. The second-order valence-electron chi connectivity index (χ2n) is 5.04. The smallest absolute Gasteiger partial charge is 0.199 e. The SMILES string of the molecule is C=CCSc1c(C(=O)c2cnoc2C2CC2)ccc(Cl)c1Cl. The van der Waals surface area contributed by atoms with Gasteiger partial charge in [0, 0.05) is 22.1 Å². The van der Waals surface area contributed by atoms with Crippen molar-refractivity contribution in [2.45, 2.75) is 23.7 Å². The Morgan fingerprint density at radius 3 is 2.86 bits per heavy atom. The molecule has 22 heavy (non-hydrogen) atoms. The number of aromatic nitrogens is 1. The number of nitrogens with zero attached hydrogens (tertiary/aromatic N) is 1. The Kier molecular flexibility index (Phi) is 4.62. The summed E-state index contributed by atoms with van der Waals surface area (Å²) in [6.07, 6.45) is 5.31. The first-order valence-electron chi connectivity index (χ1n) is 6.84. The number of carbonyl (C=O) groups excluding carboxylic acids is 1. The lowest BCUT2D eigenvalue weighted by molar-refractivity contribution is 0.103. The van der Waals surface area contributed by atoms with E-state index in [1.807, 2.05) is 0 Å². The molecule has 0 saturated heterocycles. The van der Waals surface area contributed by atoms with E-state index in [2.05, 4.69) is 11.7 Å². The van der Waals surface area contributed by atoms with E-state index in [0.29, 0.717) is 43.5 Å². The Hall–Kier alpha value is -1.23. The maximum Gasteiger partial charge on any atom is 0.199 e. The summed E-state index contributed by atoms with van der Waals surface area (Å²) < 4.78 is 5.25. The van der Waals surface area contributed by atoms with E-state index in [-0.39, 0.29) is 5.78 Å². The van der Waals surface area contributed by atoms with E-state index >= 15 is 0 Å². The third-order valence-electron chi connectivity index (χ3n) is 3.43. The Morgan fingerprint density at radius 1 is 1.41 bits per heavy atom. The molecule has 3 nitrogen and oxygen atoms in total. The van der Waals surface area contributed by atoms with Crippen molar-refractivity contribution in [2.75, 3.05) is 5.75 Å². The molecule has 1 aromatic carbocycles. The van der Waals surface area contributed by atoms with E-state index in [0.717, 1.165) is 12.8 Å². The summed E-state index contributed by atoms with van der Waals surface area (Å²) in [7, 11) is 0. The van der Waals surface area contributed by atoms with Crippen molar-refractivity contribution in [3.63, 3.8) is 0 Å². The fourth-order valence-corrected chi connectivity index (χ4v) is 3.58. The average Bonchev–Trinajstić information content (AvgIpc) is 3.25. The predicted octanol–water partition coefficient (Wildman–Crippen LogP) is 5.37. The minimum absolute atomic E-state index is 0.131. The van der Waals surface area contributed by atoms with Crippen LogP contribution in [-0.4, -0.2) is 16.7 Å². The van der Waals surface area contributed by atoms with E-state index in [1.165, 1.54) is 18.0 Å². The fourth-order valence-electron chi connectivity index (χ4n) is 2.20. The number of ketones is 1. The number of carbonyl (C=O) groups is 1. The van der Waals surface area contributed by atoms with Gasteiger partial charge in [0.15, 0.2) is 11.5 Å². The molecule has 1 heterocycles. The zero-order chi connectivity index (χ0) is 15.7. The van der Waals surface area contributed by atoms with E-state index in [4.69, 9.17) is 27.7 Å². The van der Waals surface area contributed by atoms with Crippen LogP contribution in [0.5, 0.6) is 0 Å². The van der Waals surface area contributed by atoms with E-state index in [1.54, 1.807) is 18.2 Å². The highest BCUT2D eigenvalue weighted by atomic mass is 35.5. The highest BCUT2D eigenvalue weighted by Crippen LogP contribution is 2.43. The summed E-state index contributed by atoms with van der Waals surface area (Å²) in [4.78, 5) is 13.5. The summed E-state index contributed by atoms with van der Waals surface area (Å²) in [6.45, 7) is 3.69. The second-order valence-corrected chi connectivity index (χ2v) is 6.86. The lowest BCUT2D eigenvalue weighted by atomic mass is 10.0. The maximum atomic E-state index is 12.9. The largest absolute Gasteiger partial charge is 0.360 e. The number of benzene rings is 1. The van der Waals surface area contributed by atoms with Gasteiger partial charge in [0.05, 0.1) is 21.8 Å². The average molecular weight is 354 g/mol. The highest BCUT2D eigenvalue weighted by Gasteiger charge is 2.33. The van der Waals surface area contributed by atoms with Crippen LogP contribution in [0.25, 0.3) is 0 Å². The van der Waals surface area contributed by atoms with Crippen LogP contribution < -0.4 is 0 Å². The molecule has 0 bridgehead atoms. The van der Waals surface area contributed by atoms with Gasteiger partial charge in [-0.2, -0.15) is 0 Å². The third kappa shape index (κ3) is 2.96. The topological polar surface area (TPSA) is 43.1 Å². The number of halogens is 2. The van der Waals surface area contributed by atoms with Gasteiger partial charge in [0.2, 0.25) is 0 Å². The quantitative estimate of drug-likeness (QED) is 0.397. The summed E-state index contributed by atoms with van der Waals surface area (Å²) in [5.41, 5.74) is 1.03. The molecule has 6 heteroatoms. The van der Waals surface area contributed by atoms with E-state index in [9.17, 15) is 4.79 Å². The van der Waals surface area contributed by atoms with Gasteiger partial charge in [-0.05, 0) is 25.0 Å². The summed E-state index contributed by atoms with van der Waals surface area (Å²) in [6, 6.07) is 3.34. The molecule has 1 aromatic heterocycles. The zero-order valence-electron chi connectivity index (χ0n) is 11.6. The molecule has 114 valence electrons. The van der Waals surface area contributed by atoms with Crippen molar-refractivity contribution in [2.24, 2.45) is 0 Å². The van der Waals surface area contributed by atoms with Crippen LogP contribution in [0.2, 0.25) is 10.0 Å². The van der Waals surface area contributed by atoms with Crippen molar-refractivity contribution < 1.29 is 9.32 Å². The summed E-state index contributed by atoms with van der Waals surface area (Å²) in [5.74, 6) is 1.50. The Morgan fingerprint density at radius 2 is 2.18 bits per heavy atom. The van der Waals surface area contributed by atoms with Gasteiger partial charge in [-0.3, -0.25) is 4.79 Å². The Balaban J connectivity index is 2.02. The standard InChI is InChI=1S/C16H13Cl2NO2S/c1-2-7-22-16-10(5-6-12(17)13(16)18)14(20)11-8-19-21-15(11)9-3-4-9/h2,5-6,8-9H,1,3-4,7H2. The maximum absolute atomic E-state index is 12.9. The van der Waals surface area contributed by atoms with Gasteiger partial charge in [0.25, 0.3) is 0 Å². The first-order chi connectivity index (χ1) is 10.6. The molecule has 0 amide bonds. The first-order valence-corrected chi connectivity index (χ1v) is 8.58. The zero-order valence-corrected chi connectivity index (χ0v) is 14.0. The van der Waals surface area contributed by atoms with Crippen LogP contribution in [0.4, 0.5) is 0 Å². The molecule has 0 radical (unpaired) electrons. The van der Waals surface area contributed by atoms with Crippen LogP contribution >= 0.6 is 35.0 Å². The second kappa shape index (κ2) is 6.49. The molecule has 3 rings (SSSR count). The summed E-state index contributed by atoms with van der Waals surface area (Å²) >= 11 is 13.8. The third-order valence-corrected chi connectivity index (χ3v) is 5.46. The van der Waals surface area contributed by atoms with Crippen LogP contribution in [-0.2, 0) is 0 Å². The first kappa shape index (κ1) is 15.7.